The number of halogens is 1. The second-order valence-electron chi connectivity index (χ2n) is 5.11. The maximum absolute atomic E-state index is 6.21. The molecular weight excluding hydrogens is 312 g/mol. The van der Waals surface area contributed by atoms with Crippen molar-refractivity contribution in [2.24, 2.45) is 10.7 Å². The molecule has 0 saturated heterocycles. The quantitative estimate of drug-likeness (QED) is 0.783. The summed E-state index contributed by atoms with van der Waals surface area (Å²) in [6.07, 6.45) is 1.75. The zero-order valence-electron chi connectivity index (χ0n) is 12.1. The Hall–Kier alpha value is -2.57. The van der Waals surface area contributed by atoms with Crippen molar-refractivity contribution in [1.29, 1.82) is 0 Å². The maximum Gasteiger partial charge on any atom is 0.159 e. The third kappa shape index (κ3) is 2.32. The molecule has 23 heavy (non-hydrogen) atoms. The standard InChI is InChI=1S/C16H13ClN6/c17-10-4-5-11-13(7-10)23-14(8-18)21-22-15(23)9-20-16(11)12-3-1-2-6-19-12/h1-7H,8-9,18H2. The van der Waals surface area contributed by atoms with Gasteiger partial charge in [0.15, 0.2) is 11.6 Å². The molecule has 0 aliphatic carbocycles. The molecule has 0 radical (unpaired) electrons. The molecule has 4 rings (SSSR count). The van der Waals surface area contributed by atoms with E-state index in [2.05, 4.69) is 15.2 Å². The number of aliphatic imine (C=N–C) groups is 1. The Balaban J connectivity index is 2.00. The van der Waals surface area contributed by atoms with Crippen LogP contribution in [0.2, 0.25) is 5.02 Å². The number of hydrogen-bond acceptors (Lipinski definition) is 5. The lowest BCUT2D eigenvalue weighted by atomic mass is 10.0. The minimum atomic E-state index is 0.290. The Labute approximate surface area is 137 Å². The van der Waals surface area contributed by atoms with Gasteiger partial charge in [0, 0.05) is 16.8 Å². The molecule has 0 fully saturated rings. The van der Waals surface area contributed by atoms with Crippen LogP contribution in [0.15, 0.2) is 47.6 Å². The van der Waals surface area contributed by atoms with Crippen molar-refractivity contribution in [3.63, 3.8) is 0 Å². The van der Waals surface area contributed by atoms with Crippen LogP contribution in [0, 0.1) is 0 Å². The molecular formula is C16H13ClN6. The number of aromatic nitrogens is 4. The van der Waals surface area contributed by atoms with Crippen molar-refractivity contribution in [2.45, 2.75) is 13.1 Å². The highest BCUT2D eigenvalue weighted by Gasteiger charge is 2.23. The topological polar surface area (TPSA) is 82.0 Å². The number of benzene rings is 1. The normalized spacial score (nSPS) is 13.0. The zero-order valence-corrected chi connectivity index (χ0v) is 12.9. The van der Waals surface area contributed by atoms with E-state index in [-0.39, 0.29) is 6.54 Å². The summed E-state index contributed by atoms with van der Waals surface area (Å²) >= 11 is 6.21. The third-order valence-electron chi connectivity index (χ3n) is 3.72. The average molecular weight is 325 g/mol. The number of hydrogen-bond donors (Lipinski definition) is 1. The minimum absolute atomic E-state index is 0.290. The number of nitrogens with zero attached hydrogens (tertiary/aromatic N) is 5. The molecule has 0 spiro atoms. The van der Waals surface area contributed by atoms with Crippen molar-refractivity contribution in [2.75, 3.05) is 0 Å². The minimum Gasteiger partial charge on any atom is -0.324 e. The Morgan fingerprint density at radius 3 is 2.87 bits per heavy atom. The Morgan fingerprint density at radius 1 is 1.17 bits per heavy atom. The lowest BCUT2D eigenvalue weighted by Crippen LogP contribution is -2.12. The summed E-state index contributed by atoms with van der Waals surface area (Å²) in [5, 5.41) is 8.98. The molecule has 2 aromatic heterocycles. The van der Waals surface area contributed by atoms with Crippen molar-refractivity contribution in [1.82, 2.24) is 19.7 Å². The first-order valence-electron chi connectivity index (χ1n) is 7.17. The fraction of sp³-hybridized carbons (Fsp3) is 0.125. The first kappa shape index (κ1) is 14.0. The third-order valence-corrected chi connectivity index (χ3v) is 3.96. The monoisotopic (exact) mass is 324 g/mol. The molecule has 2 N–H and O–H groups in total. The van der Waals surface area contributed by atoms with E-state index in [9.17, 15) is 0 Å². The summed E-state index contributed by atoms with van der Waals surface area (Å²) in [4.78, 5) is 9.12. The largest absolute Gasteiger partial charge is 0.324 e. The Bertz CT molecular complexity index is 900. The fourth-order valence-corrected chi connectivity index (χ4v) is 2.88. The summed E-state index contributed by atoms with van der Waals surface area (Å²) in [6.45, 7) is 0.698. The van der Waals surface area contributed by atoms with Crippen LogP contribution in [0.4, 0.5) is 0 Å². The van der Waals surface area contributed by atoms with Gasteiger partial charge in [0.25, 0.3) is 0 Å². The summed E-state index contributed by atoms with van der Waals surface area (Å²) in [5.74, 6) is 1.42. The molecule has 3 aromatic rings. The van der Waals surface area contributed by atoms with Crippen molar-refractivity contribution in [3.05, 3.63) is 70.5 Å². The first-order chi connectivity index (χ1) is 11.3. The van der Waals surface area contributed by atoms with E-state index in [1.807, 2.05) is 41.0 Å². The van der Waals surface area contributed by atoms with Crippen LogP contribution in [-0.4, -0.2) is 25.5 Å². The zero-order chi connectivity index (χ0) is 15.8. The number of pyridine rings is 1. The number of nitrogens with two attached hydrogens (primary N) is 1. The second-order valence-corrected chi connectivity index (χ2v) is 5.55. The average Bonchev–Trinajstić information content (AvgIpc) is 2.93. The maximum atomic E-state index is 6.21. The van der Waals surface area contributed by atoms with Gasteiger partial charge >= 0.3 is 0 Å². The SMILES string of the molecule is NCc1nnc2n1-c1cc(Cl)ccc1C(c1ccccn1)=NC2. The molecule has 0 bridgehead atoms. The van der Waals surface area contributed by atoms with E-state index in [4.69, 9.17) is 22.3 Å². The van der Waals surface area contributed by atoms with Gasteiger partial charge in [-0.25, -0.2) is 0 Å². The van der Waals surface area contributed by atoms with Gasteiger partial charge in [-0.1, -0.05) is 17.7 Å². The van der Waals surface area contributed by atoms with Crippen LogP contribution in [0.3, 0.4) is 0 Å². The summed E-state index contributed by atoms with van der Waals surface area (Å²) in [7, 11) is 0. The van der Waals surface area contributed by atoms with Crippen molar-refractivity contribution >= 4 is 17.3 Å². The van der Waals surface area contributed by atoms with Gasteiger partial charge in [0.05, 0.1) is 23.6 Å². The molecule has 1 aliphatic heterocycles. The van der Waals surface area contributed by atoms with Crippen molar-refractivity contribution < 1.29 is 0 Å². The highest BCUT2D eigenvalue weighted by atomic mass is 35.5. The Morgan fingerprint density at radius 2 is 2.09 bits per heavy atom. The highest BCUT2D eigenvalue weighted by Crippen LogP contribution is 2.27. The first-order valence-corrected chi connectivity index (χ1v) is 7.55. The van der Waals surface area contributed by atoms with Gasteiger partial charge in [-0.3, -0.25) is 14.5 Å². The molecule has 6 nitrogen and oxygen atoms in total. The van der Waals surface area contributed by atoms with Crippen LogP contribution < -0.4 is 5.73 Å². The summed E-state index contributed by atoms with van der Waals surface area (Å²) < 4.78 is 1.93. The molecule has 3 heterocycles. The van der Waals surface area contributed by atoms with Crippen LogP contribution in [0.25, 0.3) is 5.69 Å². The highest BCUT2D eigenvalue weighted by molar-refractivity contribution is 6.31. The van der Waals surface area contributed by atoms with Gasteiger partial charge in [-0.2, -0.15) is 0 Å². The molecule has 1 aromatic carbocycles. The summed E-state index contributed by atoms with van der Waals surface area (Å²) in [5.41, 5.74) is 9.23. The molecule has 0 amide bonds. The molecule has 1 aliphatic rings. The molecule has 0 saturated carbocycles. The van der Waals surface area contributed by atoms with Gasteiger partial charge in [-0.05, 0) is 30.3 Å². The van der Waals surface area contributed by atoms with E-state index in [0.717, 1.165) is 28.5 Å². The molecule has 0 unspecified atom stereocenters. The predicted octanol–water partition coefficient (Wildman–Crippen LogP) is 2.13. The van der Waals surface area contributed by atoms with E-state index in [1.165, 1.54) is 0 Å². The van der Waals surface area contributed by atoms with E-state index in [0.29, 0.717) is 17.4 Å². The van der Waals surface area contributed by atoms with E-state index < -0.39 is 0 Å². The summed E-state index contributed by atoms with van der Waals surface area (Å²) in [6, 6.07) is 11.4. The fourth-order valence-electron chi connectivity index (χ4n) is 2.71. The van der Waals surface area contributed by atoms with E-state index >= 15 is 0 Å². The molecule has 114 valence electrons. The van der Waals surface area contributed by atoms with Gasteiger partial charge in [0.2, 0.25) is 0 Å². The van der Waals surface area contributed by atoms with E-state index in [1.54, 1.807) is 6.20 Å². The lowest BCUT2D eigenvalue weighted by molar-refractivity contribution is 0.828. The van der Waals surface area contributed by atoms with Crippen LogP contribution in [-0.2, 0) is 13.1 Å². The second kappa shape index (κ2) is 5.57. The number of rotatable bonds is 2. The van der Waals surface area contributed by atoms with Gasteiger partial charge < -0.3 is 5.73 Å². The smallest absolute Gasteiger partial charge is 0.159 e. The Kier molecular flexibility index (Phi) is 3.40. The van der Waals surface area contributed by atoms with Gasteiger partial charge in [0.1, 0.15) is 6.54 Å². The van der Waals surface area contributed by atoms with Gasteiger partial charge in [-0.15, -0.1) is 10.2 Å². The molecule has 7 heteroatoms. The predicted molar refractivity (Wildman–Crippen MR) is 87.8 cm³/mol. The number of fused-ring (bicyclic) bond motifs is 3. The molecule has 0 atom stereocenters. The van der Waals surface area contributed by atoms with Crippen molar-refractivity contribution in [3.8, 4) is 5.69 Å². The van der Waals surface area contributed by atoms with Crippen LogP contribution in [0.1, 0.15) is 22.9 Å². The van der Waals surface area contributed by atoms with Crippen LogP contribution >= 0.6 is 11.6 Å². The lowest BCUT2D eigenvalue weighted by Gasteiger charge is -2.13. The van der Waals surface area contributed by atoms with Crippen LogP contribution in [0.5, 0.6) is 0 Å².